The Morgan fingerprint density at radius 3 is 2.47 bits per heavy atom. The van der Waals surface area contributed by atoms with E-state index in [9.17, 15) is 9.59 Å². The van der Waals surface area contributed by atoms with E-state index in [1.54, 1.807) is 36.7 Å². The van der Waals surface area contributed by atoms with Crippen LogP contribution in [0.5, 0.6) is 0 Å². The maximum atomic E-state index is 13.1. The van der Waals surface area contributed by atoms with Crippen LogP contribution in [0.2, 0.25) is 5.02 Å². The van der Waals surface area contributed by atoms with Crippen molar-refractivity contribution in [3.63, 3.8) is 0 Å². The number of carbonyl (C=O) groups excluding carboxylic acids is 2. The Bertz CT molecular complexity index is 1550. The summed E-state index contributed by atoms with van der Waals surface area (Å²) in [5.41, 5.74) is 4.74. The van der Waals surface area contributed by atoms with Gasteiger partial charge < -0.3 is 9.73 Å². The maximum Gasteiger partial charge on any atom is 0.228 e. The molecule has 3 aromatic carbocycles. The van der Waals surface area contributed by atoms with Crippen molar-refractivity contribution in [2.75, 3.05) is 0 Å². The molecule has 6 heteroatoms. The molecule has 0 aliphatic heterocycles. The number of hydrogen-bond acceptors (Lipinski definition) is 4. The number of pyridine rings is 1. The van der Waals surface area contributed by atoms with Crippen molar-refractivity contribution in [3.8, 4) is 0 Å². The molecular weight excluding hydrogens is 472 g/mol. The van der Waals surface area contributed by atoms with E-state index >= 15 is 0 Å². The van der Waals surface area contributed by atoms with Gasteiger partial charge in [-0.3, -0.25) is 14.6 Å². The Kier molecular flexibility index (Phi) is 6.65. The summed E-state index contributed by atoms with van der Waals surface area (Å²) in [6.45, 7) is 1.98. The van der Waals surface area contributed by atoms with Crippen molar-refractivity contribution in [1.82, 2.24) is 10.3 Å². The summed E-state index contributed by atoms with van der Waals surface area (Å²) in [7, 11) is 0. The van der Waals surface area contributed by atoms with Gasteiger partial charge >= 0.3 is 0 Å². The molecule has 1 atom stereocenters. The highest BCUT2D eigenvalue weighted by atomic mass is 35.5. The maximum absolute atomic E-state index is 13.1. The molecule has 0 bridgehead atoms. The molecule has 0 radical (unpaired) electrons. The van der Waals surface area contributed by atoms with Crippen LogP contribution >= 0.6 is 11.6 Å². The van der Waals surface area contributed by atoms with Crippen molar-refractivity contribution >= 4 is 34.3 Å². The number of furan rings is 1. The van der Waals surface area contributed by atoms with E-state index in [4.69, 9.17) is 16.0 Å². The van der Waals surface area contributed by atoms with Crippen molar-refractivity contribution in [2.24, 2.45) is 0 Å². The quantitative estimate of drug-likeness (QED) is 0.263. The summed E-state index contributed by atoms with van der Waals surface area (Å²) in [5.74, 6) is -0.110. The molecule has 5 aromatic rings. The van der Waals surface area contributed by atoms with Gasteiger partial charge in [-0.2, -0.15) is 0 Å². The first kappa shape index (κ1) is 23.5. The molecular formula is C30H23ClN2O3. The molecule has 178 valence electrons. The smallest absolute Gasteiger partial charge is 0.228 e. The van der Waals surface area contributed by atoms with Gasteiger partial charge in [-0.15, -0.1) is 0 Å². The minimum Gasteiger partial charge on any atom is -0.453 e. The van der Waals surface area contributed by atoms with E-state index in [1.165, 1.54) is 0 Å². The van der Waals surface area contributed by atoms with Crippen molar-refractivity contribution in [3.05, 3.63) is 136 Å². The van der Waals surface area contributed by atoms with Crippen LogP contribution in [0.15, 0.2) is 102 Å². The molecule has 0 aliphatic rings. The zero-order valence-corrected chi connectivity index (χ0v) is 20.3. The van der Waals surface area contributed by atoms with E-state index < -0.39 is 0 Å². The zero-order valence-electron chi connectivity index (χ0n) is 19.6. The average Bonchev–Trinajstić information content (AvgIpc) is 3.32. The van der Waals surface area contributed by atoms with Crippen LogP contribution in [0.4, 0.5) is 0 Å². The van der Waals surface area contributed by atoms with Crippen LogP contribution in [0.3, 0.4) is 0 Å². The summed E-state index contributed by atoms with van der Waals surface area (Å²) in [6, 6.07) is 25.7. The number of halogens is 1. The lowest BCUT2D eigenvalue weighted by Crippen LogP contribution is -2.30. The standard InChI is InChI=1S/C30H23ClN2O3/c1-19-7-9-24(25(31)15-19)29(21-5-3-2-4-6-21)33-28(34)17-20-8-10-26-23(16-20)18-27(36-26)30(35)22-11-13-32-14-12-22/h2-16,18,29H,17H2,1H3,(H,33,34). The van der Waals surface area contributed by atoms with Crippen LogP contribution in [-0.4, -0.2) is 16.7 Å². The fraction of sp³-hybridized carbons (Fsp3) is 0.100. The Morgan fingerprint density at radius 2 is 1.72 bits per heavy atom. The van der Waals surface area contributed by atoms with Gasteiger partial charge in [-0.05, 0) is 65.6 Å². The normalized spacial score (nSPS) is 11.8. The Morgan fingerprint density at radius 1 is 0.944 bits per heavy atom. The van der Waals surface area contributed by atoms with Crippen LogP contribution < -0.4 is 5.32 Å². The summed E-state index contributed by atoms with van der Waals surface area (Å²) in [5, 5.41) is 4.51. The van der Waals surface area contributed by atoms with Gasteiger partial charge in [0.25, 0.3) is 0 Å². The fourth-order valence-electron chi connectivity index (χ4n) is 4.21. The molecule has 0 aliphatic carbocycles. The lowest BCUT2D eigenvalue weighted by molar-refractivity contribution is -0.120. The van der Waals surface area contributed by atoms with Crippen LogP contribution in [-0.2, 0) is 11.2 Å². The Labute approximate surface area is 213 Å². The minimum absolute atomic E-state index is 0.142. The summed E-state index contributed by atoms with van der Waals surface area (Å²) in [4.78, 5) is 29.8. The number of ketones is 1. The summed E-state index contributed by atoms with van der Waals surface area (Å²) < 4.78 is 5.76. The lowest BCUT2D eigenvalue weighted by Gasteiger charge is -2.21. The number of rotatable bonds is 7. The van der Waals surface area contributed by atoms with E-state index in [1.807, 2.05) is 67.6 Å². The van der Waals surface area contributed by atoms with E-state index in [-0.39, 0.29) is 29.9 Å². The first-order chi connectivity index (χ1) is 17.5. The predicted octanol–water partition coefficient (Wildman–Crippen LogP) is 6.47. The van der Waals surface area contributed by atoms with Gasteiger partial charge in [0, 0.05) is 28.4 Å². The molecule has 0 fully saturated rings. The summed E-state index contributed by atoms with van der Waals surface area (Å²) >= 11 is 6.56. The van der Waals surface area contributed by atoms with Gasteiger partial charge in [0.2, 0.25) is 11.7 Å². The minimum atomic E-state index is -0.381. The van der Waals surface area contributed by atoms with Gasteiger partial charge in [-0.25, -0.2) is 0 Å². The average molecular weight is 495 g/mol. The number of fused-ring (bicyclic) bond motifs is 1. The zero-order chi connectivity index (χ0) is 25.1. The molecule has 2 aromatic heterocycles. The number of carbonyl (C=O) groups is 2. The third kappa shape index (κ3) is 5.07. The number of aryl methyl sites for hydroxylation is 1. The monoisotopic (exact) mass is 494 g/mol. The first-order valence-electron chi connectivity index (χ1n) is 11.6. The molecule has 0 saturated heterocycles. The molecule has 1 N–H and O–H groups in total. The van der Waals surface area contributed by atoms with Crippen LogP contribution in [0, 0.1) is 6.92 Å². The molecule has 5 rings (SSSR count). The van der Waals surface area contributed by atoms with Crippen molar-refractivity contribution in [2.45, 2.75) is 19.4 Å². The van der Waals surface area contributed by atoms with E-state index in [2.05, 4.69) is 10.3 Å². The van der Waals surface area contributed by atoms with E-state index in [0.717, 1.165) is 27.6 Å². The predicted molar refractivity (Wildman–Crippen MR) is 140 cm³/mol. The van der Waals surface area contributed by atoms with Crippen molar-refractivity contribution < 1.29 is 14.0 Å². The van der Waals surface area contributed by atoms with Gasteiger partial charge in [0.15, 0.2) is 5.76 Å². The Balaban J connectivity index is 1.37. The largest absolute Gasteiger partial charge is 0.453 e. The Hall–Kier alpha value is -4.22. The molecule has 0 saturated carbocycles. The highest BCUT2D eigenvalue weighted by molar-refractivity contribution is 6.31. The lowest BCUT2D eigenvalue weighted by atomic mass is 9.97. The fourth-order valence-corrected chi connectivity index (χ4v) is 4.55. The molecule has 36 heavy (non-hydrogen) atoms. The van der Waals surface area contributed by atoms with E-state index in [0.29, 0.717) is 16.2 Å². The molecule has 1 amide bonds. The number of hydrogen-bond donors (Lipinski definition) is 1. The number of nitrogens with zero attached hydrogens (tertiary/aromatic N) is 1. The second kappa shape index (κ2) is 10.2. The molecule has 0 spiro atoms. The summed E-state index contributed by atoms with van der Waals surface area (Å²) in [6.07, 6.45) is 3.31. The van der Waals surface area contributed by atoms with Crippen LogP contribution in [0.1, 0.15) is 44.4 Å². The highest BCUT2D eigenvalue weighted by Gasteiger charge is 2.20. The molecule has 2 heterocycles. The third-order valence-corrected chi connectivity index (χ3v) is 6.34. The third-order valence-electron chi connectivity index (χ3n) is 6.02. The highest BCUT2D eigenvalue weighted by Crippen LogP contribution is 2.29. The number of amides is 1. The van der Waals surface area contributed by atoms with Crippen molar-refractivity contribution in [1.29, 1.82) is 0 Å². The second-order valence-corrected chi connectivity index (χ2v) is 9.07. The topological polar surface area (TPSA) is 72.2 Å². The number of nitrogens with one attached hydrogen (secondary N) is 1. The number of benzene rings is 3. The number of aromatic nitrogens is 1. The molecule has 5 nitrogen and oxygen atoms in total. The van der Waals surface area contributed by atoms with Gasteiger partial charge in [-0.1, -0.05) is 60.1 Å². The first-order valence-corrected chi connectivity index (χ1v) is 11.9. The van der Waals surface area contributed by atoms with Gasteiger partial charge in [0.05, 0.1) is 12.5 Å². The van der Waals surface area contributed by atoms with Crippen LogP contribution in [0.25, 0.3) is 11.0 Å². The van der Waals surface area contributed by atoms with Gasteiger partial charge in [0.1, 0.15) is 5.58 Å². The SMILES string of the molecule is Cc1ccc(C(NC(=O)Cc2ccc3oc(C(=O)c4ccncc4)cc3c2)c2ccccc2)c(Cl)c1. The second-order valence-electron chi connectivity index (χ2n) is 8.66. The molecule has 1 unspecified atom stereocenters.